The fourth-order valence-corrected chi connectivity index (χ4v) is 1.75. The summed E-state index contributed by atoms with van der Waals surface area (Å²) in [6, 6.07) is 7.64. The van der Waals surface area contributed by atoms with E-state index in [1.165, 1.54) is 0 Å². The Balaban J connectivity index is 2.03. The van der Waals surface area contributed by atoms with Gasteiger partial charge >= 0.3 is 5.97 Å². The van der Waals surface area contributed by atoms with Gasteiger partial charge in [-0.15, -0.1) is 0 Å². The van der Waals surface area contributed by atoms with E-state index >= 15 is 0 Å². The first kappa shape index (κ1) is 12.1. The standard InChI is InChI=1S/C14H18O3/c1-10(2)7-11-5-3-4-6-13(11)14(15)17-9-12-8-16-12/h3-6,10,12H,7-9H2,1-2H3. The molecule has 1 heterocycles. The monoisotopic (exact) mass is 234 g/mol. The minimum Gasteiger partial charge on any atom is -0.459 e. The topological polar surface area (TPSA) is 38.8 Å². The molecule has 1 aromatic rings. The third-order valence-corrected chi connectivity index (χ3v) is 2.67. The Hall–Kier alpha value is -1.35. The van der Waals surface area contributed by atoms with E-state index < -0.39 is 0 Å². The quantitative estimate of drug-likeness (QED) is 0.580. The summed E-state index contributed by atoms with van der Waals surface area (Å²) in [6.07, 6.45) is 1.02. The first-order valence-corrected chi connectivity index (χ1v) is 6.03. The van der Waals surface area contributed by atoms with Gasteiger partial charge in [-0.3, -0.25) is 0 Å². The van der Waals surface area contributed by atoms with Gasteiger partial charge < -0.3 is 9.47 Å². The maximum absolute atomic E-state index is 11.9. The second-order valence-electron chi connectivity index (χ2n) is 4.81. The van der Waals surface area contributed by atoms with E-state index in [9.17, 15) is 4.79 Å². The lowest BCUT2D eigenvalue weighted by Crippen LogP contribution is -2.13. The van der Waals surface area contributed by atoms with Crippen LogP contribution in [-0.4, -0.2) is 25.3 Å². The molecule has 1 fully saturated rings. The van der Waals surface area contributed by atoms with Crippen molar-refractivity contribution in [1.82, 2.24) is 0 Å². The highest BCUT2D eigenvalue weighted by Crippen LogP contribution is 2.16. The summed E-state index contributed by atoms with van der Waals surface area (Å²) in [4.78, 5) is 11.9. The van der Waals surface area contributed by atoms with Crippen LogP contribution in [0.25, 0.3) is 0 Å². The third kappa shape index (κ3) is 3.56. The fourth-order valence-electron chi connectivity index (χ4n) is 1.75. The number of carbonyl (C=O) groups is 1. The summed E-state index contributed by atoms with van der Waals surface area (Å²) in [7, 11) is 0. The lowest BCUT2D eigenvalue weighted by molar-refractivity contribution is 0.0475. The average Bonchev–Trinajstić information content (AvgIpc) is 3.09. The maximum Gasteiger partial charge on any atom is 0.338 e. The molecule has 0 spiro atoms. The van der Waals surface area contributed by atoms with E-state index in [-0.39, 0.29) is 12.1 Å². The Kier molecular flexibility index (Phi) is 3.79. The van der Waals surface area contributed by atoms with Gasteiger partial charge in [0, 0.05) is 0 Å². The lowest BCUT2D eigenvalue weighted by atomic mass is 9.98. The molecule has 1 aliphatic rings. The van der Waals surface area contributed by atoms with Crippen LogP contribution in [0.3, 0.4) is 0 Å². The van der Waals surface area contributed by atoms with Gasteiger partial charge in [-0.2, -0.15) is 0 Å². The molecule has 0 saturated carbocycles. The van der Waals surface area contributed by atoms with Crippen molar-refractivity contribution in [2.24, 2.45) is 5.92 Å². The molecule has 0 aromatic heterocycles. The molecule has 1 atom stereocenters. The summed E-state index contributed by atoms with van der Waals surface area (Å²) in [5.41, 5.74) is 1.74. The van der Waals surface area contributed by atoms with Crippen LogP contribution < -0.4 is 0 Å². The van der Waals surface area contributed by atoms with Crippen LogP contribution in [0.15, 0.2) is 24.3 Å². The Morgan fingerprint density at radius 2 is 2.18 bits per heavy atom. The van der Waals surface area contributed by atoms with Crippen LogP contribution >= 0.6 is 0 Å². The molecule has 92 valence electrons. The minimum atomic E-state index is -0.239. The van der Waals surface area contributed by atoms with E-state index in [4.69, 9.17) is 9.47 Å². The molecule has 3 nitrogen and oxygen atoms in total. The molecular weight excluding hydrogens is 216 g/mol. The van der Waals surface area contributed by atoms with Crippen LogP contribution in [0.5, 0.6) is 0 Å². The predicted molar refractivity (Wildman–Crippen MR) is 65.0 cm³/mol. The first-order valence-electron chi connectivity index (χ1n) is 6.03. The summed E-state index contributed by atoms with van der Waals surface area (Å²) < 4.78 is 10.2. The number of ether oxygens (including phenoxy) is 2. The van der Waals surface area contributed by atoms with Crippen molar-refractivity contribution < 1.29 is 14.3 Å². The van der Waals surface area contributed by atoms with E-state index in [1.54, 1.807) is 0 Å². The van der Waals surface area contributed by atoms with Crippen molar-refractivity contribution >= 4 is 5.97 Å². The molecule has 1 aromatic carbocycles. The normalized spacial score (nSPS) is 18.2. The van der Waals surface area contributed by atoms with E-state index in [2.05, 4.69) is 13.8 Å². The number of hydrogen-bond acceptors (Lipinski definition) is 3. The molecular formula is C14H18O3. The van der Waals surface area contributed by atoms with Gasteiger partial charge in [0.2, 0.25) is 0 Å². The second-order valence-corrected chi connectivity index (χ2v) is 4.81. The number of esters is 1. The van der Waals surface area contributed by atoms with Crippen molar-refractivity contribution in [2.45, 2.75) is 26.4 Å². The predicted octanol–water partition coefficient (Wildman–Crippen LogP) is 2.44. The molecule has 1 saturated heterocycles. The van der Waals surface area contributed by atoms with Crippen molar-refractivity contribution in [3.05, 3.63) is 35.4 Å². The SMILES string of the molecule is CC(C)Cc1ccccc1C(=O)OCC1CO1. The Morgan fingerprint density at radius 1 is 1.47 bits per heavy atom. The summed E-state index contributed by atoms with van der Waals surface area (Å²) >= 11 is 0. The van der Waals surface area contributed by atoms with Crippen molar-refractivity contribution in [1.29, 1.82) is 0 Å². The summed E-state index contributed by atoms with van der Waals surface area (Å²) in [6.45, 7) is 5.36. The Labute approximate surface area is 102 Å². The van der Waals surface area contributed by atoms with Gasteiger partial charge in [-0.25, -0.2) is 4.79 Å². The number of benzene rings is 1. The molecule has 0 aliphatic carbocycles. The van der Waals surface area contributed by atoms with Crippen LogP contribution in [0, 0.1) is 5.92 Å². The third-order valence-electron chi connectivity index (χ3n) is 2.67. The van der Waals surface area contributed by atoms with Gasteiger partial charge in [0.1, 0.15) is 12.7 Å². The first-order chi connectivity index (χ1) is 8.16. The minimum absolute atomic E-state index is 0.121. The fraction of sp³-hybridized carbons (Fsp3) is 0.500. The van der Waals surface area contributed by atoms with Crippen LogP contribution in [-0.2, 0) is 15.9 Å². The number of hydrogen-bond donors (Lipinski definition) is 0. The highest BCUT2D eigenvalue weighted by atomic mass is 16.6. The molecule has 0 N–H and O–H groups in total. The molecule has 3 heteroatoms. The molecule has 2 rings (SSSR count). The van der Waals surface area contributed by atoms with Gasteiger partial charge in [0.15, 0.2) is 0 Å². The van der Waals surface area contributed by atoms with Gasteiger partial charge in [0.25, 0.3) is 0 Å². The van der Waals surface area contributed by atoms with Crippen molar-refractivity contribution in [3.8, 4) is 0 Å². The number of carbonyl (C=O) groups excluding carboxylic acids is 1. The van der Waals surface area contributed by atoms with Crippen molar-refractivity contribution in [3.63, 3.8) is 0 Å². The smallest absolute Gasteiger partial charge is 0.338 e. The van der Waals surface area contributed by atoms with Crippen molar-refractivity contribution in [2.75, 3.05) is 13.2 Å². The zero-order chi connectivity index (χ0) is 12.3. The van der Waals surface area contributed by atoms with Gasteiger partial charge in [0.05, 0.1) is 12.2 Å². The summed E-state index contributed by atoms with van der Waals surface area (Å²) in [5.74, 6) is 0.285. The Bertz CT molecular complexity index is 394. The molecule has 1 unspecified atom stereocenters. The molecule has 0 bridgehead atoms. The lowest BCUT2D eigenvalue weighted by Gasteiger charge is -2.10. The van der Waals surface area contributed by atoms with Gasteiger partial charge in [-0.1, -0.05) is 32.0 Å². The largest absolute Gasteiger partial charge is 0.459 e. The van der Waals surface area contributed by atoms with E-state index in [0.717, 1.165) is 12.0 Å². The number of epoxide rings is 1. The highest BCUT2D eigenvalue weighted by Gasteiger charge is 2.25. The van der Waals surface area contributed by atoms with Crippen LogP contribution in [0.4, 0.5) is 0 Å². The van der Waals surface area contributed by atoms with Crippen LogP contribution in [0.2, 0.25) is 0 Å². The number of rotatable bonds is 5. The highest BCUT2D eigenvalue weighted by molar-refractivity contribution is 5.91. The van der Waals surface area contributed by atoms with E-state index in [0.29, 0.717) is 24.7 Å². The van der Waals surface area contributed by atoms with E-state index in [1.807, 2.05) is 24.3 Å². The Morgan fingerprint density at radius 3 is 2.82 bits per heavy atom. The maximum atomic E-state index is 11.9. The molecule has 17 heavy (non-hydrogen) atoms. The molecule has 0 amide bonds. The second kappa shape index (κ2) is 5.32. The van der Waals surface area contributed by atoms with Gasteiger partial charge in [-0.05, 0) is 24.0 Å². The average molecular weight is 234 g/mol. The molecule has 1 aliphatic heterocycles. The zero-order valence-electron chi connectivity index (χ0n) is 10.3. The zero-order valence-corrected chi connectivity index (χ0v) is 10.3. The van der Waals surface area contributed by atoms with Crippen LogP contribution in [0.1, 0.15) is 29.8 Å². The summed E-state index contributed by atoms with van der Waals surface area (Å²) in [5, 5.41) is 0. The molecule has 0 radical (unpaired) electrons.